The first-order valence-electron chi connectivity index (χ1n) is 9.24. The topological polar surface area (TPSA) is 29.7 Å². The Morgan fingerprint density at radius 1 is 0.815 bits per heavy atom. The Morgan fingerprint density at radius 3 is 2.33 bits per heavy atom. The zero-order chi connectivity index (χ0) is 19.1. The Morgan fingerprint density at radius 2 is 1.59 bits per heavy atom. The summed E-state index contributed by atoms with van der Waals surface area (Å²) in [4.78, 5) is 9.17. The fourth-order valence-electron chi connectivity index (χ4n) is 3.78. The van der Waals surface area contributed by atoms with Gasteiger partial charge in [0.25, 0.3) is 0 Å². The lowest BCUT2D eigenvalue weighted by Crippen LogP contribution is -2.33. The molecule has 3 heteroatoms. The maximum absolute atomic E-state index is 4.68. The van der Waals surface area contributed by atoms with Crippen molar-refractivity contribution in [1.29, 1.82) is 0 Å². The molecular weight excluding hydrogens is 330 g/mol. The van der Waals surface area contributed by atoms with Crippen LogP contribution in [-0.2, 0) is 7.05 Å². The highest BCUT2D eigenvalue weighted by molar-refractivity contribution is 5.88. The largest absolute Gasteiger partial charge is 0.258 e. The first-order chi connectivity index (χ1) is 13.0. The van der Waals surface area contributed by atoms with E-state index in [9.17, 15) is 0 Å². The predicted molar refractivity (Wildman–Crippen MR) is 111 cm³/mol. The smallest absolute Gasteiger partial charge is 0.222 e. The average Bonchev–Trinajstić information content (AvgIpc) is 2.65. The maximum Gasteiger partial charge on any atom is 0.222 e. The molecule has 0 aliphatic carbocycles. The first-order valence-corrected chi connectivity index (χ1v) is 9.24. The fraction of sp³-hybridized carbons (Fsp3) is 0.208. The number of para-hydroxylation sites is 1. The molecule has 4 aromatic rings. The zero-order valence-electron chi connectivity index (χ0n) is 16.5. The summed E-state index contributed by atoms with van der Waals surface area (Å²) in [6.07, 6.45) is 3.71. The van der Waals surface area contributed by atoms with E-state index in [0.717, 1.165) is 17.0 Å². The summed E-state index contributed by atoms with van der Waals surface area (Å²) in [6, 6.07) is 15.2. The van der Waals surface area contributed by atoms with Crippen molar-refractivity contribution in [2.24, 2.45) is 7.05 Å². The minimum atomic E-state index is 0.899. The van der Waals surface area contributed by atoms with Gasteiger partial charge in [0.2, 0.25) is 11.2 Å². The van der Waals surface area contributed by atoms with Crippen molar-refractivity contribution in [2.45, 2.75) is 27.7 Å². The average molecular weight is 354 g/mol. The van der Waals surface area contributed by atoms with E-state index in [1.54, 1.807) is 0 Å². The third-order valence-corrected chi connectivity index (χ3v) is 5.31. The number of pyridine rings is 1. The second-order valence-corrected chi connectivity index (χ2v) is 7.32. The molecule has 0 amide bonds. The van der Waals surface area contributed by atoms with Gasteiger partial charge in [-0.15, -0.1) is 0 Å². The third kappa shape index (κ3) is 2.99. The summed E-state index contributed by atoms with van der Waals surface area (Å²) in [5, 5.41) is 1.20. The van der Waals surface area contributed by atoms with Crippen LogP contribution in [0, 0.1) is 27.7 Å². The summed E-state index contributed by atoms with van der Waals surface area (Å²) < 4.78 is 2.29. The molecule has 4 rings (SSSR count). The highest BCUT2D eigenvalue weighted by atomic mass is 14.9. The maximum atomic E-state index is 4.68. The second kappa shape index (κ2) is 6.58. The number of rotatable bonds is 2. The third-order valence-electron chi connectivity index (χ3n) is 5.31. The molecule has 0 saturated carbocycles. The molecule has 2 aromatic heterocycles. The zero-order valence-corrected chi connectivity index (χ0v) is 16.5. The molecule has 0 unspecified atom stereocenters. The number of hydrogen-bond acceptors (Lipinski definition) is 2. The molecule has 0 aliphatic heterocycles. The van der Waals surface area contributed by atoms with Crippen LogP contribution >= 0.6 is 0 Å². The van der Waals surface area contributed by atoms with Crippen molar-refractivity contribution in [1.82, 2.24) is 9.97 Å². The Bertz CT molecular complexity index is 1160. The molecule has 134 valence electrons. The summed E-state index contributed by atoms with van der Waals surface area (Å²) in [5.41, 5.74) is 10.4. The molecule has 0 aliphatic rings. The van der Waals surface area contributed by atoms with Crippen LogP contribution in [0.25, 0.3) is 33.4 Å². The molecule has 0 atom stereocenters. The minimum absolute atomic E-state index is 0.899. The van der Waals surface area contributed by atoms with Gasteiger partial charge in [0.1, 0.15) is 7.05 Å². The van der Waals surface area contributed by atoms with Crippen LogP contribution in [0.3, 0.4) is 0 Å². The number of fused-ring (bicyclic) bond motifs is 1. The molecule has 0 radical (unpaired) electrons. The van der Waals surface area contributed by atoms with E-state index in [2.05, 4.69) is 84.8 Å². The van der Waals surface area contributed by atoms with E-state index in [1.165, 1.54) is 38.9 Å². The van der Waals surface area contributed by atoms with Crippen molar-refractivity contribution in [2.75, 3.05) is 0 Å². The molecule has 2 aromatic carbocycles. The van der Waals surface area contributed by atoms with Crippen molar-refractivity contribution < 1.29 is 4.57 Å². The van der Waals surface area contributed by atoms with Gasteiger partial charge in [-0.3, -0.25) is 9.97 Å². The molecule has 2 heterocycles. The van der Waals surface area contributed by atoms with Crippen LogP contribution in [-0.4, -0.2) is 9.97 Å². The van der Waals surface area contributed by atoms with Crippen LogP contribution in [0.5, 0.6) is 0 Å². The summed E-state index contributed by atoms with van der Waals surface area (Å²) in [7, 11) is 2.14. The van der Waals surface area contributed by atoms with E-state index >= 15 is 0 Å². The summed E-state index contributed by atoms with van der Waals surface area (Å²) in [5.74, 6) is 0. The normalized spacial score (nSPS) is 11.1. The van der Waals surface area contributed by atoms with Gasteiger partial charge in [-0.2, -0.15) is 4.57 Å². The number of aryl methyl sites for hydroxylation is 4. The quantitative estimate of drug-likeness (QED) is 0.473. The first kappa shape index (κ1) is 17.3. The van der Waals surface area contributed by atoms with Crippen molar-refractivity contribution in [3.8, 4) is 22.5 Å². The van der Waals surface area contributed by atoms with Crippen LogP contribution in [0.15, 0.2) is 54.9 Å². The second-order valence-electron chi connectivity index (χ2n) is 7.32. The molecule has 0 saturated heterocycles. The minimum Gasteiger partial charge on any atom is -0.258 e. The molecule has 0 N–H and O–H groups in total. The molecule has 0 fully saturated rings. The fourth-order valence-corrected chi connectivity index (χ4v) is 3.78. The van der Waals surface area contributed by atoms with E-state index < -0.39 is 0 Å². The van der Waals surface area contributed by atoms with Gasteiger partial charge < -0.3 is 0 Å². The van der Waals surface area contributed by atoms with Gasteiger partial charge in [0.05, 0.1) is 28.7 Å². The lowest BCUT2D eigenvalue weighted by atomic mass is 9.93. The van der Waals surface area contributed by atoms with Crippen LogP contribution in [0.4, 0.5) is 0 Å². The van der Waals surface area contributed by atoms with Gasteiger partial charge in [0.15, 0.2) is 0 Å². The highest BCUT2D eigenvalue weighted by Crippen LogP contribution is 2.34. The number of aromatic nitrogens is 3. The molecule has 0 bridgehead atoms. The Hall–Kier alpha value is -3.07. The Labute approximate surface area is 160 Å². The van der Waals surface area contributed by atoms with Crippen LogP contribution in [0.2, 0.25) is 0 Å². The standard InChI is InChI=1S/C24H24N3/c1-15-10-16(2)18(4)20(11-15)24-21(22-14-25-17(3)13-26-22)12-19-8-6-7-9-23(19)27(24)5/h6-14H,1-5H3/q+1. The number of hydrogen-bond donors (Lipinski definition) is 0. The van der Waals surface area contributed by atoms with Crippen molar-refractivity contribution in [3.63, 3.8) is 0 Å². The van der Waals surface area contributed by atoms with Gasteiger partial charge in [-0.05, 0) is 57.0 Å². The Kier molecular flexibility index (Phi) is 4.23. The summed E-state index contributed by atoms with van der Waals surface area (Å²) >= 11 is 0. The van der Waals surface area contributed by atoms with E-state index in [-0.39, 0.29) is 0 Å². The van der Waals surface area contributed by atoms with Gasteiger partial charge in [-0.25, -0.2) is 0 Å². The van der Waals surface area contributed by atoms with Gasteiger partial charge in [0, 0.05) is 17.6 Å². The van der Waals surface area contributed by atoms with E-state index in [4.69, 9.17) is 0 Å². The molecule has 0 spiro atoms. The summed E-state index contributed by atoms with van der Waals surface area (Å²) in [6.45, 7) is 8.50. The molecule has 27 heavy (non-hydrogen) atoms. The molecule has 3 nitrogen and oxygen atoms in total. The van der Waals surface area contributed by atoms with E-state index in [0.29, 0.717) is 0 Å². The van der Waals surface area contributed by atoms with Crippen LogP contribution < -0.4 is 4.57 Å². The van der Waals surface area contributed by atoms with Gasteiger partial charge >= 0.3 is 0 Å². The van der Waals surface area contributed by atoms with Crippen molar-refractivity contribution in [3.05, 3.63) is 77.2 Å². The highest BCUT2D eigenvalue weighted by Gasteiger charge is 2.24. The van der Waals surface area contributed by atoms with Crippen LogP contribution in [0.1, 0.15) is 22.4 Å². The van der Waals surface area contributed by atoms with E-state index in [1.807, 2.05) is 19.3 Å². The van der Waals surface area contributed by atoms with Crippen molar-refractivity contribution >= 4 is 10.9 Å². The van der Waals surface area contributed by atoms with Gasteiger partial charge in [-0.1, -0.05) is 23.8 Å². The SMILES string of the molecule is Cc1cc(C)c(C)c(-c2c(-c3cnc(C)cn3)cc3ccccc3[n+]2C)c1. The number of nitrogens with zero attached hydrogens (tertiary/aromatic N) is 3. The monoisotopic (exact) mass is 354 g/mol. The lowest BCUT2D eigenvalue weighted by Gasteiger charge is -2.14. The lowest BCUT2D eigenvalue weighted by molar-refractivity contribution is -0.633. The molecular formula is C24H24N3+. The number of benzene rings is 2. The predicted octanol–water partition coefficient (Wildman–Crippen LogP) is 5.02. The Balaban J connectivity index is 2.14.